The summed E-state index contributed by atoms with van der Waals surface area (Å²) < 4.78 is 0. The molecule has 0 aliphatic carbocycles. The predicted molar refractivity (Wildman–Crippen MR) is 310 cm³/mol. The number of benzene rings is 12. The van der Waals surface area contributed by atoms with Gasteiger partial charge in [0.1, 0.15) is 12.1 Å². The van der Waals surface area contributed by atoms with Gasteiger partial charge >= 0.3 is 0 Å². The molecule has 8 nitrogen and oxygen atoms in total. The molecule has 0 amide bonds. The van der Waals surface area contributed by atoms with E-state index < -0.39 is 0 Å². The fraction of sp³-hybridized carbons (Fsp3) is 0. The molecule has 0 aromatic heterocycles. The molecule has 0 saturated carbocycles. The maximum atomic E-state index is 10.8. The van der Waals surface area contributed by atoms with Crippen molar-refractivity contribution in [2.75, 3.05) is 9.80 Å². The van der Waals surface area contributed by atoms with Gasteiger partial charge in [0.25, 0.3) is 0 Å². The first kappa shape index (κ1) is 47.2. The minimum Gasteiger partial charge on any atom is -0.308 e. The summed E-state index contributed by atoms with van der Waals surface area (Å²) in [6.07, 6.45) is 0. The van der Waals surface area contributed by atoms with Crippen molar-refractivity contribution in [3.63, 3.8) is 0 Å². The molecule has 358 valence electrons. The van der Waals surface area contributed by atoms with E-state index in [0.29, 0.717) is 44.8 Å². The second-order valence-corrected chi connectivity index (χ2v) is 18.8. The molecule has 0 N–H and O–H groups in total. The fourth-order valence-corrected chi connectivity index (χ4v) is 10.6. The number of hydrogen-bond donors (Lipinski definition) is 0. The zero-order valence-electron chi connectivity index (χ0n) is 41.5. The Balaban J connectivity index is 1.12. The summed E-state index contributed by atoms with van der Waals surface area (Å²) in [5.74, 6) is 0. The van der Waals surface area contributed by atoms with Crippen molar-refractivity contribution in [2.45, 2.75) is 0 Å². The summed E-state index contributed by atoms with van der Waals surface area (Å²) in [6.45, 7) is 0. The number of hydrogen-bond acceptors (Lipinski definition) is 8. The summed E-state index contributed by atoms with van der Waals surface area (Å²) in [5, 5.41) is 66.3. The first-order valence-corrected chi connectivity index (χ1v) is 25.0. The van der Waals surface area contributed by atoms with Crippen molar-refractivity contribution in [2.24, 2.45) is 0 Å². The summed E-state index contributed by atoms with van der Waals surface area (Å²) in [6, 6.07) is 88.8. The smallest absolute Gasteiger partial charge is 0.101 e. The van der Waals surface area contributed by atoms with Crippen molar-refractivity contribution in [3.8, 4) is 80.9 Å². The summed E-state index contributed by atoms with van der Waals surface area (Å²) in [4.78, 5) is 4.31. The summed E-state index contributed by atoms with van der Waals surface area (Å²) in [5.41, 5.74) is 14.9. The molecule has 12 aromatic rings. The molecule has 0 bridgehead atoms. The van der Waals surface area contributed by atoms with Crippen molar-refractivity contribution < 1.29 is 0 Å². The molecular formula is C70H38N8. The van der Waals surface area contributed by atoms with Crippen LogP contribution in [-0.4, -0.2) is 0 Å². The van der Waals surface area contributed by atoms with Crippen LogP contribution in [-0.2, 0) is 0 Å². The maximum Gasteiger partial charge on any atom is 0.101 e. The van der Waals surface area contributed by atoms with Gasteiger partial charge in [-0.3, -0.25) is 0 Å². The van der Waals surface area contributed by atoms with Crippen molar-refractivity contribution in [1.82, 2.24) is 0 Å². The fourth-order valence-electron chi connectivity index (χ4n) is 10.6. The Hall–Kier alpha value is -11.8. The SMILES string of the molecule is N#Cc1ccc(-c2cc(-c3ccc(C#N)cc3)cc(N(c3ccccc3C#N)c3ccc4ccc5c(N(c6cc(-c7ccc(C#N)cc7)cc(-c7ccc(C#N)cc7)c6)c6ccccc6C#N)ccc6ccc3c4c65)c2)cc1. The van der Waals surface area contributed by atoms with Crippen molar-refractivity contribution >= 4 is 66.4 Å². The van der Waals surface area contributed by atoms with E-state index in [9.17, 15) is 31.6 Å². The molecule has 0 heterocycles. The summed E-state index contributed by atoms with van der Waals surface area (Å²) >= 11 is 0. The molecule has 0 aliphatic rings. The lowest BCUT2D eigenvalue weighted by molar-refractivity contribution is 1.28. The Morgan fingerprint density at radius 3 is 0.833 bits per heavy atom. The number of para-hydroxylation sites is 2. The Morgan fingerprint density at radius 2 is 0.538 bits per heavy atom. The van der Waals surface area contributed by atoms with Gasteiger partial charge < -0.3 is 9.80 Å². The Bertz CT molecular complexity index is 4160. The van der Waals surface area contributed by atoms with Gasteiger partial charge in [-0.1, -0.05) is 109 Å². The Morgan fingerprint density at radius 1 is 0.244 bits per heavy atom. The molecule has 0 unspecified atom stereocenters. The highest BCUT2D eigenvalue weighted by atomic mass is 15.2. The zero-order chi connectivity index (χ0) is 53.3. The van der Waals surface area contributed by atoms with E-state index in [1.54, 1.807) is 0 Å². The number of nitriles is 6. The quantitative estimate of drug-likeness (QED) is 0.123. The third-order valence-electron chi connectivity index (χ3n) is 14.4. The van der Waals surface area contributed by atoms with Crippen LogP contribution in [0.15, 0.2) is 231 Å². The average Bonchev–Trinajstić information content (AvgIpc) is 3.70. The van der Waals surface area contributed by atoms with Crippen molar-refractivity contribution in [3.05, 3.63) is 264 Å². The lowest BCUT2D eigenvalue weighted by Crippen LogP contribution is -2.13. The van der Waals surface area contributed by atoms with E-state index in [0.717, 1.165) is 99.6 Å². The molecule has 0 aliphatic heterocycles. The first-order chi connectivity index (χ1) is 38.4. The van der Waals surface area contributed by atoms with E-state index >= 15 is 0 Å². The number of nitrogens with zero attached hydrogens (tertiary/aromatic N) is 8. The molecule has 0 saturated heterocycles. The minimum atomic E-state index is 0.476. The molecule has 0 spiro atoms. The lowest BCUT2D eigenvalue weighted by Gasteiger charge is -2.31. The van der Waals surface area contributed by atoms with Gasteiger partial charge in [-0.15, -0.1) is 0 Å². The van der Waals surface area contributed by atoms with Gasteiger partial charge in [-0.25, -0.2) is 0 Å². The molecule has 78 heavy (non-hydrogen) atoms. The average molecular weight is 991 g/mol. The predicted octanol–water partition coefficient (Wildman–Crippen LogP) is 17.4. The highest BCUT2D eigenvalue weighted by Crippen LogP contribution is 2.50. The zero-order valence-corrected chi connectivity index (χ0v) is 41.5. The minimum absolute atomic E-state index is 0.476. The van der Waals surface area contributed by atoms with Crippen LogP contribution in [0.25, 0.3) is 76.8 Å². The van der Waals surface area contributed by atoms with Crippen LogP contribution in [0.1, 0.15) is 33.4 Å². The van der Waals surface area contributed by atoms with E-state index in [-0.39, 0.29) is 0 Å². The van der Waals surface area contributed by atoms with Gasteiger partial charge in [0.05, 0.1) is 80.4 Å². The van der Waals surface area contributed by atoms with Gasteiger partial charge in [0.15, 0.2) is 0 Å². The van der Waals surface area contributed by atoms with Crippen LogP contribution >= 0.6 is 0 Å². The third-order valence-corrected chi connectivity index (χ3v) is 14.4. The van der Waals surface area contributed by atoms with Gasteiger partial charge in [-0.2, -0.15) is 31.6 Å². The highest BCUT2D eigenvalue weighted by molar-refractivity contribution is 6.28. The molecule has 12 aromatic carbocycles. The standard InChI is InChI=1S/C70H38N8/c71-39-45-9-17-49(18-10-45)57-33-58(50-19-11-46(40-72)12-20-50)36-61(35-57)77(65-7-3-1-5-55(65)43-75)67-31-27-53-26-30-64-68(32-28-54-25-29-63(67)69(53)70(54)64)78(66-8-4-2-6-56(66)44-76)62-37-59(51-21-13-47(41-73)14-22-51)34-60(38-62)52-23-15-48(42-74)16-24-52/h1-38H. The molecule has 0 atom stereocenters. The highest BCUT2D eigenvalue weighted by Gasteiger charge is 2.25. The number of anilines is 6. The Labute approximate surface area is 450 Å². The van der Waals surface area contributed by atoms with Gasteiger partial charge in [0, 0.05) is 22.1 Å². The van der Waals surface area contributed by atoms with E-state index in [1.165, 1.54) is 0 Å². The van der Waals surface area contributed by atoms with Crippen LogP contribution in [0.5, 0.6) is 0 Å². The van der Waals surface area contributed by atoms with Crippen LogP contribution in [0.4, 0.5) is 34.1 Å². The van der Waals surface area contributed by atoms with Crippen molar-refractivity contribution in [1.29, 1.82) is 31.6 Å². The normalized spacial score (nSPS) is 10.7. The second-order valence-electron chi connectivity index (χ2n) is 18.8. The van der Waals surface area contributed by atoms with Crippen LogP contribution in [0.2, 0.25) is 0 Å². The molecular weight excluding hydrogens is 953 g/mol. The van der Waals surface area contributed by atoms with Crippen LogP contribution in [0.3, 0.4) is 0 Å². The molecule has 0 radical (unpaired) electrons. The largest absolute Gasteiger partial charge is 0.308 e. The number of rotatable bonds is 10. The Kier molecular flexibility index (Phi) is 12.1. The van der Waals surface area contributed by atoms with E-state index in [2.05, 4.69) is 131 Å². The molecule has 0 fully saturated rings. The van der Waals surface area contributed by atoms with E-state index in [4.69, 9.17) is 0 Å². The first-order valence-electron chi connectivity index (χ1n) is 25.0. The van der Waals surface area contributed by atoms with Crippen LogP contribution < -0.4 is 9.80 Å². The maximum absolute atomic E-state index is 10.8. The van der Waals surface area contributed by atoms with E-state index in [1.807, 2.05) is 146 Å². The van der Waals surface area contributed by atoms with Crippen LogP contribution in [0, 0.1) is 68.0 Å². The second kappa shape index (κ2) is 19.9. The molecule has 8 heteroatoms. The summed E-state index contributed by atoms with van der Waals surface area (Å²) in [7, 11) is 0. The van der Waals surface area contributed by atoms with Gasteiger partial charge in [-0.05, 0) is 187 Å². The topological polar surface area (TPSA) is 149 Å². The molecule has 12 rings (SSSR count). The monoisotopic (exact) mass is 990 g/mol. The van der Waals surface area contributed by atoms with Gasteiger partial charge in [0.2, 0.25) is 0 Å². The third kappa shape index (κ3) is 8.46. The lowest BCUT2D eigenvalue weighted by atomic mass is 9.91.